The van der Waals surface area contributed by atoms with Gasteiger partial charge in [-0.05, 0) is 26.8 Å². The Hall–Kier alpha value is -0.980. The first kappa shape index (κ1) is 14.0. The molecule has 6 nitrogen and oxygen atoms in total. The largest absolute Gasteiger partial charge is 0.381 e. The van der Waals surface area contributed by atoms with Gasteiger partial charge >= 0.3 is 0 Å². The molecule has 0 spiro atoms. The molecule has 1 N–H and O–H groups in total. The Morgan fingerprint density at radius 1 is 1.40 bits per heavy atom. The second-order valence-electron chi connectivity index (χ2n) is 5.63. The van der Waals surface area contributed by atoms with Crippen LogP contribution in [0.2, 0.25) is 0 Å². The van der Waals surface area contributed by atoms with Crippen LogP contribution in [0.1, 0.15) is 50.7 Å². The van der Waals surface area contributed by atoms with Crippen LogP contribution in [0.5, 0.6) is 0 Å². The van der Waals surface area contributed by atoms with Crippen molar-refractivity contribution in [3.05, 3.63) is 11.7 Å². The molecule has 2 aliphatic heterocycles. The second kappa shape index (κ2) is 5.79. The molecule has 3 heterocycles. The number of nitrogens with one attached hydrogen (secondary N) is 1. The van der Waals surface area contributed by atoms with E-state index in [0.29, 0.717) is 37.6 Å². The monoisotopic (exact) mass is 281 g/mol. The summed E-state index contributed by atoms with van der Waals surface area (Å²) < 4.78 is 16.9. The first-order valence-corrected chi connectivity index (χ1v) is 7.54. The Morgan fingerprint density at radius 3 is 2.85 bits per heavy atom. The molecular formula is C14H23N3O3. The highest BCUT2D eigenvalue weighted by Gasteiger charge is 2.41. The minimum atomic E-state index is -0.427. The quantitative estimate of drug-likeness (QED) is 0.903. The van der Waals surface area contributed by atoms with E-state index in [1.807, 2.05) is 6.92 Å². The summed E-state index contributed by atoms with van der Waals surface area (Å²) in [5, 5.41) is 7.63. The first-order chi connectivity index (χ1) is 9.75. The van der Waals surface area contributed by atoms with Crippen LogP contribution < -0.4 is 5.32 Å². The molecule has 2 fully saturated rings. The normalized spacial score (nSPS) is 29.7. The van der Waals surface area contributed by atoms with Crippen LogP contribution in [0.3, 0.4) is 0 Å². The van der Waals surface area contributed by atoms with Crippen LogP contribution in [0.4, 0.5) is 0 Å². The number of rotatable bonds is 4. The molecule has 112 valence electrons. The fourth-order valence-corrected chi connectivity index (χ4v) is 3.18. The molecule has 2 atom stereocenters. The molecule has 20 heavy (non-hydrogen) atoms. The van der Waals surface area contributed by atoms with Crippen LogP contribution >= 0.6 is 0 Å². The van der Waals surface area contributed by atoms with E-state index in [2.05, 4.69) is 22.4 Å². The Bertz CT molecular complexity index is 437. The number of nitrogens with zero attached hydrogens (tertiary/aromatic N) is 2. The first-order valence-electron chi connectivity index (χ1n) is 7.54. The summed E-state index contributed by atoms with van der Waals surface area (Å²) in [7, 11) is 0. The summed E-state index contributed by atoms with van der Waals surface area (Å²) in [6.45, 7) is 7.19. The highest BCUT2D eigenvalue weighted by Crippen LogP contribution is 2.36. The van der Waals surface area contributed by atoms with Gasteiger partial charge in [0.2, 0.25) is 11.7 Å². The fraction of sp³-hybridized carbons (Fsp3) is 0.857. The highest BCUT2D eigenvalue weighted by atomic mass is 16.5. The van der Waals surface area contributed by atoms with E-state index < -0.39 is 5.60 Å². The van der Waals surface area contributed by atoms with Crippen molar-refractivity contribution in [1.82, 2.24) is 15.5 Å². The predicted molar refractivity (Wildman–Crippen MR) is 72.5 cm³/mol. The predicted octanol–water partition coefficient (Wildman–Crippen LogP) is 1.58. The van der Waals surface area contributed by atoms with E-state index in [1.54, 1.807) is 0 Å². The van der Waals surface area contributed by atoms with Gasteiger partial charge in [-0.15, -0.1) is 0 Å². The van der Waals surface area contributed by atoms with Gasteiger partial charge in [0.25, 0.3) is 0 Å². The molecule has 0 bridgehead atoms. The van der Waals surface area contributed by atoms with Gasteiger partial charge in [-0.3, -0.25) is 0 Å². The lowest BCUT2D eigenvalue weighted by Gasteiger charge is -2.33. The second-order valence-corrected chi connectivity index (χ2v) is 5.63. The van der Waals surface area contributed by atoms with E-state index in [1.165, 1.54) is 0 Å². The smallest absolute Gasteiger partial charge is 0.231 e. The molecule has 1 aromatic rings. The van der Waals surface area contributed by atoms with Gasteiger partial charge in [-0.25, -0.2) is 0 Å². The molecule has 3 rings (SSSR count). The summed E-state index contributed by atoms with van der Waals surface area (Å²) in [5.74, 6) is 1.74. The molecule has 0 radical (unpaired) electrons. The van der Waals surface area contributed by atoms with Crippen LogP contribution in [-0.2, 0) is 15.1 Å². The lowest BCUT2D eigenvalue weighted by molar-refractivity contribution is -0.118. The summed E-state index contributed by atoms with van der Waals surface area (Å²) in [5.41, 5.74) is -0.427. The average molecular weight is 281 g/mol. The number of hydrogen-bond acceptors (Lipinski definition) is 6. The molecule has 6 heteroatoms. The summed E-state index contributed by atoms with van der Waals surface area (Å²) in [6, 6.07) is 0.390. The molecule has 0 amide bonds. The van der Waals surface area contributed by atoms with Gasteiger partial charge in [0.05, 0.1) is 5.92 Å². The van der Waals surface area contributed by atoms with Crippen molar-refractivity contribution in [2.45, 2.75) is 50.7 Å². The van der Waals surface area contributed by atoms with Crippen molar-refractivity contribution in [2.75, 3.05) is 26.4 Å². The van der Waals surface area contributed by atoms with Crippen LogP contribution in [0.15, 0.2) is 4.52 Å². The van der Waals surface area contributed by atoms with Crippen LogP contribution in [0.25, 0.3) is 0 Å². The Balaban J connectivity index is 1.83. The zero-order valence-electron chi connectivity index (χ0n) is 12.2. The SMILES string of the molecule is CCOC1(c2noc(C3CCNC3C)n2)CCOCC1. The standard InChI is InChI=1S/C14H23N3O3/c1-3-19-14(5-8-18-9-6-14)13-16-12(20-17-13)11-4-7-15-10(11)2/h10-11,15H,3-9H2,1-2H3. The van der Waals surface area contributed by atoms with Crippen LogP contribution in [0, 0.1) is 0 Å². The lowest BCUT2D eigenvalue weighted by Crippen LogP contribution is -2.37. The van der Waals surface area contributed by atoms with Gasteiger partial charge in [0, 0.05) is 38.7 Å². The van der Waals surface area contributed by atoms with Crippen molar-refractivity contribution in [3.8, 4) is 0 Å². The number of aromatic nitrogens is 2. The molecule has 2 unspecified atom stereocenters. The fourth-order valence-electron chi connectivity index (χ4n) is 3.18. The zero-order valence-corrected chi connectivity index (χ0v) is 12.2. The third-order valence-electron chi connectivity index (χ3n) is 4.41. The molecule has 0 saturated carbocycles. The topological polar surface area (TPSA) is 69.4 Å². The average Bonchev–Trinajstić information content (AvgIpc) is 3.08. The maximum absolute atomic E-state index is 5.98. The highest BCUT2D eigenvalue weighted by molar-refractivity contribution is 5.08. The van der Waals surface area contributed by atoms with Crippen molar-refractivity contribution >= 4 is 0 Å². The minimum absolute atomic E-state index is 0.315. The van der Waals surface area contributed by atoms with Gasteiger partial charge in [0.1, 0.15) is 5.60 Å². The third-order valence-corrected chi connectivity index (χ3v) is 4.41. The summed E-state index contributed by atoms with van der Waals surface area (Å²) in [4.78, 5) is 4.66. The van der Waals surface area contributed by atoms with Crippen molar-refractivity contribution in [2.24, 2.45) is 0 Å². The van der Waals surface area contributed by atoms with Crippen molar-refractivity contribution < 1.29 is 14.0 Å². The van der Waals surface area contributed by atoms with Gasteiger partial charge < -0.3 is 19.3 Å². The Kier molecular flexibility index (Phi) is 4.05. The Morgan fingerprint density at radius 2 is 2.20 bits per heavy atom. The molecule has 0 aromatic carbocycles. The molecule has 1 aromatic heterocycles. The van der Waals surface area contributed by atoms with Crippen LogP contribution in [-0.4, -0.2) is 42.5 Å². The lowest BCUT2D eigenvalue weighted by atomic mass is 9.93. The minimum Gasteiger partial charge on any atom is -0.381 e. The van der Waals surface area contributed by atoms with Gasteiger partial charge in [-0.2, -0.15) is 4.98 Å². The number of ether oxygens (including phenoxy) is 2. The van der Waals surface area contributed by atoms with Crippen molar-refractivity contribution in [1.29, 1.82) is 0 Å². The van der Waals surface area contributed by atoms with Crippen molar-refractivity contribution in [3.63, 3.8) is 0 Å². The van der Waals surface area contributed by atoms with E-state index >= 15 is 0 Å². The van der Waals surface area contributed by atoms with E-state index in [9.17, 15) is 0 Å². The van der Waals surface area contributed by atoms with Gasteiger partial charge in [-0.1, -0.05) is 5.16 Å². The third kappa shape index (κ3) is 2.47. The zero-order chi connectivity index (χ0) is 14.0. The maximum atomic E-state index is 5.98. The molecule has 0 aliphatic carbocycles. The molecular weight excluding hydrogens is 258 g/mol. The molecule has 2 saturated heterocycles. The van der Waals surface area contributed by atoms with E-state index in [-0.39, 0.29) is 0 Å². The van der Waals surface area contributed by atoms with E-state index in [4.69, 9.17) is 14.0 Å². The molecule has 2 aliphatic rings. The van der Waals surface area contributed by atoms with E-state index in [0.717, 1.165) is 31.7 Å². The number of hydrogen-bond donors (Lipinski definition) is 1. The summed E-state index contributed by atoms with van der Waals surface area (Å²) in [6.07, 6.45) is 2.63. The maximum Gasteiger partial charge on any atom is 0.231 e. The Labute approximate surface area is 119 Å². The summed E-state index contributed by atoms with van der Waals surface area (Å²) >= 11 is 0. The van der Waals surface area contributed by atoms with Gasteiger partial charge in [0.15, 0.2) is 0 Å².